The van der Waals surface area contributed by atoms with E-state index in [4.69, 9.17) is 5.26 Å². The predicted octanol–water partition coefficient (Wildman–Crippen LogP) is 1.39. The molecule has 0 unspecified atom stereocenters. The zero-order valence-corrected chi connectivity index (χ0v) is 8.02. The van der Waals surface area contributed by atoms with E-state index in [2.05, 4.69) is 4.74 Å². The SMILES string of the molecule is COC(=O)c1ccc(N(C)C#N)cc1. The molecule has 0 aliphatic heterocycles. The maximum atomic E-state index is 11.1. The van der Waals surface area contributed by atoms with Crippen molar-refractivity contribution in [1.29, 1.82) is 5.26 Å². The van der Waals surface area contributed by atoms with Crippen molar-refractivity contribution in [3.05, 3.63) is 29.8 Å². The Kier molecular flexibility index (Phi) is 3.08. The van der Waals surface area contributed by atoms with Gasteiger partial charge in [-0.2, -0.15) is 5.26 Å². The van der Waals surface area contributed by atoms with Gasteiger partial charge in [0.2, 0.25) is 0 Å². The summed E-state index contributed by atoms with van der Waals surface area (Å²) >= 11 is 0. The van der Waals surface area contributed by atoms with Crippen LogP contribution in [0.2, 0.25) is 0 Å². The van der Waals surface area contributed by atoms with Crippen LogP contribution in [-0.2, 0) is 4.74 Å². The van der Waals surface area contributed by atoms with Crippen molar-refractivity contribution in [3.8, 4) is 6.19 Å². The Labute approximate surface area is 82.3 Å². The first-order valence-corrected chi connectivity index (χ1v) is 4.01. The molecule has 0 amide bonds. The van der Waals surface area contributed by atoms with E-state index in [-0.39, 0.29) is 5.97 Å². The van der Waals surface area contributed by atoms with Crippen LogP contribution in [-0.4, -0.2) is 20.1 Å². The van der Waals surface area contributed by atoms with Gasteiger partial charge in [-0.3, -0.25) is 4.90 Å². The van der Waals surface area contributed by atoms with Crippen LogP contribution in [0.25, 0.3) is 0 Å². The first-order chi connectivity index (χ1) is 6.69. The predicted molar refractivity (Wildman–Crippen MR) is 51.8 cm³/mol. The third-order valence-electron chi connectivity index (χ3n) is 1.83. The highest BCUT2D eigenvalue weighted by Gasteiger charge is 2.05. The van der Waals surface area contributed by atoms with E-state index >= 15 is 0 Å². The van der Waals surface area contributed by atoms with Gasteiger partial charge in [0.05, 0.1) is 18.4 Å². The highest BCUT2D eigenvalue weighted by atomic mass is 16.5. The topological polar surface area (TPSA) is 53.3 Å². The molecular formula is C10H10N2O2. The molecule has 0 saturated heterocycles. The summed E-state index contributed by atoms with van der Waals surface area (Å²) in [6, 6.07) is 6.62. The summed E-state index contributed by atoms with van der Waals surface area (Å²) in [7, 11) is 2.98. The zero-order valence-electron chi connectivity index (χ0n) is 8.02. The number of methoxy groups -OCH3 is 1. The van der Waals surface area contributed by atoms with E-state index in [0.29, 0.717) is 5.56 Å². The van der Waals surface area contributed by atoms with Crippen molar-refractivity contribution in [2.75, 3.05) is 19.1 Å². The Bertz CT molecular complexity index is 365. The maximum Gasteiger partial charge on any atom is 0.337 e. The molecule has 0 spiro atoms. The van der Waals surface area contributed by atoms with E-state index < -0.39 is 0 Å². The Morgan fingerprint density at radius 1 is 1.43 bits per heavy atom. The van der Waals surface area contributed by atoms with E-state index in [1.54, 1.807) is 31.3 Å². The number of hydrogen-bond acceptors (Lipinski definition) is 4. The van der Waals surface area contributed by atoms with Crippen molar-refractivity contribution in [2.24, 2.45) is 0 Å². The molecule has 0 bridgehead atoms. The summed E-state index contributed by atoms with van der Waals surface area (Å²) in [5.74, 6) is -0.379. The minimum Gasteiger partial charge on any atom is -0.465 e. The normalized spacial score (nSPS) is 8.93. The Morgan fingerprint density at radius 3 is 2.43 bits per heavy atom. The van der Waals surface area contributed by atoms with Crippen LogP contribution >= 0.6 is 0 Å². The molecule has 0 aliphatic rings. The second-order valence-electron chi connectivity index (χ2n) is 2.70. The second kappa shape index (κ2) is 4.28. The largest absolute Gasteiger partial charge is 0.465 e. The summed E-state index contributed by atoms with van der Waals surface area (Å²) in [4.78, 5) is 12.5. The summed E-state index contributed by atoms with van der Waals surface area (Å²) in [6.07, 6.45) is 1.96. The number of ether oxygens (including phenoxy) is 1. The Balaban J connectivity index is 2.90. The fraction of sp³-hybridized carbons (Fsp3) is 0.200. The molecule has 1 aromatic carbocycles. The Morgan fingerprint density at radius 2 is 2.00 bits per heavy atom. The highest BCUT2D eigenvalue weighted by Crippen LogP contribution is 2.13. The van der Waals surface area contributed by atoms with E-state index in [1.807, 2.05) is 6.19 Å². The van der Waals surface area contributed by atoms with Gasteiger partial charge in [0.15, 0.2) is 6.19 Å². The summed E-state index contributed by atoms with van der Waals surface area (Å²) in [6.45, 7) is 0. The van der Waals surface area contributed by atoms with Crippen molar-refractivity contribution in [3.63, 3.8) is 0 Å². The monoisotopic (exact) mass is 190 g/mol. The number of esters is 1. The number of carbonyl (C=O) groups is 1. The molecule has 0 heterocycles. The van der Waals surface area contributed by atoms with E-state index in [1.165, 1.54) is 12.0 Å². The summed E-state index contributed by atoms with van der Waals surface area (Å²) in [5, 5.41) is 8.60. The van der Waals surface area contributed by atoms with Gasteiger partial charge in [-0.05, 0) is 24.3 Å². The molecule has 4 heteroatoms. The number of rotatable bonds is 2. The number of nitriles is 1. The minimum atomic E-state index is -0.379. The number of benzene rings is 1. The fourth-order valence-electron chi connectivity index (χ4n) is 0.997. The van der Waals surface area contributed by atoms with Gasteiger partial charge >= 0.3 is 5.97 Å². The van der Waals surface area contributed by atoms with Crippen LogP contribution < -0.4 is 4.90 Å². The Hall–Kier alpha value is -2.02. The zero-order chi connectivity index (χ0) is 10.6. The molecule has 0 N–H and O–H groups in total. The molecule has 0 fully saturated rings. The first-order valence-electron chi connectivity index (χ1n) is 4.01. The number of nitrogens with zero attached hydrogens (tertiary/aromatic N) is 2. The van der Waals surface area contributed by atoms with Crippen molar-refractivity contribution < 1.29 is 9.53 Å². The average Bonchev–Trinajstić information content (AvgIpc) is 2.27. The van der Waals surface area contributed by atoms with Crippen LogP contribution in [0.4, 0.5) is 5.69 Å². The number of carbonyl (C=O) groups excluding carboxylic acids is 1. The standard InChI is InChI=1S/C10H10N2O2/c1-12(7-11)9-5-3-8(4-6-9)10(13)14-2/h3-6H,1-2H3. The van der Waals surface area contributed by atoms with Crippen LogP contribution in [0.3, 0.4) is 0 Å². The smallest absolute Gasteiger partial charge is 0.337 e. The lowest BCUT2D eigenvalue weighted by Crippen LogP contribution is -2.08. The van der Waals surface area contributed by atoms with Gasteiger partial charge in [-0.15, -0.1) is 0 Å². The van der Waals surface area contributed by atoms with Gasteiger partial charge in [0.1, 0.15) is 0 Å². The number of anilines is 1. The second-order valence-corrected chi connectivity index (χ2v) is 2.70. The number of hydrogen-bond donors (Lipinski definition) is 0. The van der Waals surface area contributed by atoms with Gasteiger partial charge in [-0.25, -0.2) is 4.79 Å². The van der Waals surface area contributed by atoms with Crippen molar-refractivity contribution >= 4 is 11.7 Å². The molecule has 1 rings (SSSR count). The molecule has 0 saturated carbocycles. The van der Waals surface area contributed by atoms with E-state index in [0.717, 1.165) is 5.69 Å². The molecule has 1 aromatic rings. The van der Waals surface area contributed by atoms with Gasteiger partial charge in [0, 0.05) is 7.05 Å². The summed E-state index contributed by atoms with van der Waals surface area (Å²) in [5.41, 5.74) is 1.21. The van der Waals surface area contributed by atoms with Gasteiger partial charge in [-0.1, -0.05) is 0 Å². The van der Waals surface area contributed by atoms with Crippen LogP contribution in [0.1, 0.15) is 10.4 Å². The van der Waals surface area contributed by atoms with Gasteiger partial charge in [0.25, 0.3) is 0 Å². The fourth-order valence-corrected chi connectivity index (χ4v) is 0.997. The molecule has 4 nitrogen and oxygen atoms in total. The molecule has 72 valence electrons. The van der Waals surface area contributed by atoms with Gasteiger partial charge < -0.3 is 4.74 Å². The third-order valence-corrected chi connectivity index (χ3v) is 1.83. The lowest BCUT2D eigenvalue weighted by atomic mass is 10.2. The lowest BCUT2D eigenvalue weighted by Gasteiger charge is -2.08. The lowest BCUT2D eigenvalue weighted by molar-refractivity contribution is 0.0601. The summed E-state index contributed by atoms with van der Waals surface area (Å²) < 4.78 is 4.55. The molecule has 0 radical (unpaired) electrons. The van der Waals surface area contributed by atoms with Crippen molar-refractivity contribution in [2.45, 2.75) is 0 Å². The average molecular weight is 190 g/mol. The van der Waals surface area contributed by atoms with E-state index in [9.17, 15) is 4.79 Å². The molecular weight excluding hydrogens is 180 g/mol. The molecule has 0 aliphatic carbocycles. The van der Waals surface area contributed by atoms with Crippen LogP contribution in [0.15, 0.2) is 24.3 Å². The molecule has 0 atom stereocenters. The molecule has 0 aromatic heterocycles. The van der Waals surface area contributed by atoms with Crippen LogP contribution in [0.5, 0.6) is 0 Å². The highest BCUT2D eigenvalue weighted by molar-refractivity contribution is 5.89. The molecule has 14 heavy (non-hydrogen) atoms. The minimum absolute atomic E-state index is 0.379. The van der Waals surface area contributed by atoms with Crippen molar-refractivity contribution in [1.82, 2.24) is 0 Å². The maximum absolute atomic E-state index is 11.1. The third kappa shape index (κ3) is 2.02. The first kappa shape index (κ1) is 10.1. The van der Waals surface area contributed by atoms with Crippen LogP contribution in [0, 0.1) is 11.5 Å². The quantitative estimate of drug-likeness (QED) is 0.401.